The standard InChI is InChI=1S/C14H16FN3O2S/c1-18(2)21(19,20)12-7-8-14(13(16)9-12)17-11-5-3-10(15)4-6-11/h3-9,17H,16H2,1-2H3. The molecule has 2 rings (SSSR count). The van der Waals surface area contributed by atoms with Gasteiger partial charge in [0, 0.05) is 19.8 Å². The molecule has 2 aromatic carbocycles. The van der Waals surface area contributed by atoms with E-state index in [0.29, 0.717) is 17.1 Å². The quantitative estimate of drug-likeness (QED) is 0.850. The van der Waals surface area contributed by atoms with E-state index in [1.807, 2.05) is 0 Å². The van der Waals surface area contributed by atoms with Gasteiger partial charge < -0.3 is 11.1 Å². The maximum atomic E-state index is 12.8. The van der Waals surface area contributed by atoms with Crippen molar-refractivity contribution in [2.75, 3.05) is 25.1 Å². The first-order chi connectivity index (χ1) is 9.80. The highest BCUT2D eigenvalue weighted by molar-refractivity contribution is 7.89. The Morgan fingerprint density at radius 1 is 1.10 bits per heavy atom. The van der Waals surface area contributed by atoms with Gasteiger partial charge in [0.2, 0.25) is 10.0 Å². The second kappa shape index (κ2) is 5.71. The fourth-order valence-corrected chi connectivity index (χ4v) is 2.65. The van der Waals surface area contributed by atoms with Crippen molar-refractivity contribution in [1.82, 2.24) is 4.31 Å². The molecule has 0 unspecified atom stereocenters. The van der Waals surface area contributed by atoms with E-state index in [4.69, 9.17) is 5.73 Å². The summed E-state index contributed by atoms with van der Waals surface area (Å²) in [7, 11) is -0.610. The predicted octanol–water partition coefficient (Wildman–Crippen LogP) is 2.40. The number of rotatable bonds is 4. The number of nitrogen functional groups attached to an aromatic ring is 1. The van der Waals surface area contributed by atoms with Gasteiger partial charge in [-0.15, -0.1) is 0 Å². The highest BCUT2D eigenvalue weighted by Gasteiger charge is 2.18. The van der Waals surface area contributed by atoms with E-state index in [2.05, 4.69) is 5.32 Å². The van der Waals surface area contributed by atoms with Gasteiger partial charge in [0.05, 0.1) is 16.3 Å². The third-order valence-corrected chi connectivity index (χ3v) is 4.74. The van der Waals surface area contributed by atoms with E-state index in [9.17, 15) is 12.8 Å². The Kier molecular flexibility index (Phi) is 4.15. The van der Waals surface area contributed by atoms with Crippen molar-refractivity contribution in [2.45, 2.75) is 4.90 Å². The summed E-state index contributed by atoms with van der Waals surface area (Å²) in [5, 5.41) is 3.01. The van der Waals surface area contributed by atoms with Gasteiger partial charge in [-0.25, -0.2) is 17.1 Å². The molecule has 0 saturated heterocycles. The zero-order valence-corrected chi connectivity index (χ0v) is 12.5. The fourth-order valence-electron chi connectivity index (χ4n) is 1.71. The van der Waals surface area contributed by atoms with E-state index in [1.54, 1.807) is 18.2 Å². The lowest BCUT2D eigenvalue weighted by Gasteiger charge is -2.14. The highest BCUT2D eigenvalue weighted by atomic mass is 32.2. The molecule has 0 aliphatic carbocycles. The molecule has 7 heteroatoms. The number of hydrogen-bond acceptors (Lipinski definition) is 4. The maximum Gasteiger partial charge on any atom is 0.242 e. The van der Waals surface area contributed by atoms with Gasteiger partial charge in [-0.1, -0.05) is 0 Å². The second-order valence-corrected chi connectivity index (χ2v) is 6.82. The molecule has 0 radical (unpaired) electrons. The van der Waals surface area contributed by atoms with Gasteiger partial charge in [0.25, 0.3) is 0 Å². The molecule has 0 fully saturated rings. The summed E-state index contributed by atoms with van der Waals surface area (Å²) in [6.07, 6.45) is 0. The largest absolute Gasteiger partial charge is 0.397 e. The van der Waals surface area contributed by atoms with E-state index >= 15 is 0 Å². The first kappa shape index (κ1) is 15.3. The Labute approximate surface area is 123 Å². The average molecular weight is 309 g/mol. The molecule has 0 bridgehead atoms. The predicted molar refractivity (Wildman–Crippen MR) is 81.4 cm³/mol. The van der Waals surface area contributed by atoms with E-state index in [1.165, 1.54) is 38.4 Å². The molecule has 0 saturated carbocycles. The van der Waals surface area contributed by atoms with Gasteiger partial charge in [0.15, 0.2) is 0 Å². The Bertz CT molecular complexity index is 743. The number of anilines is 3. The maximum absolute atomic E-state index is 12.8. The number of halogens is 1. The molecule has 0 aliphatic rings. The van der Waals surface area contributed by atoms with Crippen molar-refractivity contribution in [1.29, 1.82) is 0 Å². The summed E-state index contributed by atoms with van der Waals surface area (Å²) in [6.45, 7) is 0. The minimum atomic E-state index is -3.52. The van der Waals surface area contributed by atoms with Gasteiger partial charge >= 0.3 is 0 Å². The normalized spacial score (nSPS) is 11.6. The third-order valence-electron chi connectivity index (χ3n) is 2.92. The lowest BCUT2D eigenvalue weighted by Crippen LogP contribution is -2.22. The zero-order valence-electron chi connectivity index (χ0n) is 11.7. The van der Waals surface area contributed by atoms with Crippen LogP contribution in [0.5, 0.6) is 0 Å². The zero-order chi connectivity index (χ0) is 15.6. The molecule has 0 spiro atoms. The minimum Gasteiger partial charge on any atom is -0.397 e. The SMILES string of the molecule is CN(C)S(=O)(=O)c1ccc(Nc2ccc(F)cc2)c(N)c1. The number of benzene rings is 2. The van der Waals surface area contributed by atoms with E-state index in [-0.39, 0.29) is 10.7 Å². The lowest BCUT2D eigenvalue weighted by molar-refractivity contribution is 0.521. The number of hydrogen-bond donors (Lipinski definition) is 2. The first-order valence-electron chi connectivity index (χ1n) is 6.15. The minimum absolute atomic E-state index is 0.120. The smallest absolute Gasteiger partial charge is 0.242 e. The van der Waals surface area contributed by atoms with Crippen LogP contribution in [0.25, 0.3) is 0 Å². The van der Waals surface area contributed by atoms with Crippen LogP contribution < -0.4 is 11.1 Å². The van der Waals surface area contributed by atoms with Crippen molar-refractivity contribution in [2.24, 2.45) is 0 Å². The molecule has 2 aromatic rings. The van der Waals surface area contributed by atoms with Crippen LogP contribution in [0.4, 0.5) is 21.5 Å². The van der Waals surface area contributed by atoms with Crippen LogP contribution in [-0.4, -0.2) is 26.8 Å². The first-order valence-corrected chi connectivity index (χ1v) is 7.59. The van der Waals surface area contributed by atoms with Crippen LogP contribution >= 0.6 is 0 Å². The topological polar surface area (TPSA) is 75.4 Å². The lowest BCUT2D eigenvalue weighted by atomic mass is 10.2. The van der Waals surface area contributed by atoms with Gasteiger partial charge in [-0.05, 0) is 42.5 Å². The molecule has 112 valence electrons. The van der Waals surface area contributed by atoms with Crippen LogP contribution in [0.3, 0.4) is 0 Å². The van der Waals surface area contributed by atoms with Gasteiger partial charge in [-0.3, -0.25) is 0 Å². The number of nitrogens with two attached hydrogens (primary N) is 1. The van der Waals surface area contributed by atoms with Crippen LogP contribution in [0.15, 0.2) is 47.4 Å². The van der Waals surface area contributed by atoms with Gasteiger partial charge in [-0.2, -0.15) is 0 Å². The molecule has 5 nitrogen and oxygen atoms in total. The molecule has 0 heterocycles. The van der Waals surface area contributed by atoms with Crippen molar-refractivity contribution < 1.29 is 12.8 Å². The molecule has 0 atom stereocenters. The molecule has 0 aromatic heterocycles. The second-order valence-electron chi connectivity index (χ2n) is 4.67. The molecule has 0 amide bonds. The summed E-state index contributed by atoms with van der Waals surface area (Å²) in [5.41, 5.74) is 7.38. The van der Waals surface area contributed by atoms with Crippen molar-refractivity contribution in [3.63, 3.8) is 0 Å². The summed E-state index contributed by atoms with van der Waals surface area (Å²) in [6, 6.07) is 10.2. The van der Waals surface area contributed by atoms with E-state index < -0.39 is 10.0 Å². The summed E-state index contributed by atoms with van der Waals surface area (Å²) in [4.78, 5) is 0.120. The number of nitrogens with zero attached hydrogens (tertiary/aromatic N) is 1. The van der Waals surface area contributed by atoms with Crippen LogP contribution in [-0.2, 0) is 10.0 Å². The highest BCUT2D eigenvalue weighted by Crippen LogP contribution is 2.26. The summed E-state index contributed by atoms with van der Waals surface area (Å²) in [5.74, 6) is -0.332. The third kappa shape index (κ3) is 3.32. The fraction of sp³-hybridized carbons (Fsp3) is 0.143. The summed E-state index contributed by atoms with van der Waals surface area (Å²) < 4.78 is 38.0. The van der Waals surface area contributed by atoms with Crippen LogP contribution in [0, 0.1) is 5.82 Å². The Hall–Kier alpha value is -2.12. The van der Waals surface area contributed by atoms with Crippen molar-refractivity contribution in [3.05, 3.63) is 48.3 Å². The van der Waals surface area contributed by atoms with Gasteiger partial charge in [0.1, 0.15) is 5.82 Å². The van der Waals surface area contributed by atoms with Crippen LogP contribution in [0.2, 0.25) is 0 Å². The summed E-state index contributed by atoms with van der Waals surface area (Å²) >= 11 is 0. The van der Waals surface area contributed by atoms with E-state index in [0.717, 1.165) is 4.31 Å². The molecule has 3 N–H and O–H groups in total. The Balaban J connectivity index is 2.30. The Morgan fingerprint density at radius 2 is 1.71 bits per heavy atom. The molecule has 21 heavy (non-hydrogen) atoms. The number of nitrogens with one attached hydrogen (secondary N) is 1. The molecular weight excluding hydrogens is 293 g/mol. The number of sulfonamides is 1. The molecular formula is C14H16FN3O2S. The average Bonchev–Trinajstić information content (AvgIpc) is 2.43. The van der Waals surface area contributed by atoms with Crippen LogP contribution in [0.1, 0.15) is 0 Å². The van der Waals surface area contributed by atoms with Crippen molar-refractivity contribution in [3.8, 4) is 0 Å². The monoisotopic (exact) mass is 309 g/mol. The van der Waals surface area contributed by atoms with Crippen molar-refractivity contribution >= 4 is 27.1 Å². The molecule has 0 aliphatic heterocycles. The Morgan fingerprint density at radius 3 is 2.24 bits per heavy atom.